The monoisotopic (exact) mass is 321 g/mol. The number of carbonyl (C=O) groups excluding carboxylic acids is 1. The molecule has 0 unspecified atom stereocenters. The summed E-state index contributed by atoms with van der Waals surface area (Å²) in [6, 6.07) is 13.8. The zero-order chi connectivity index (χ0) is 16.9. The van der Waals surface area contributed by atoms with Crippen molar-refractivity contribution < 1.29 is 14.6 Å². The van der Waals surface area contributed by atoms with Gasteiger partial charge in [-0.05, 0) is 48.0 Å². The van der Waals surface area contributed by atoms with Crippen molar-refractivity contribution in [2.75, 3.05) is 7.11 Å². The molecule has 6 nitrogen and oxygen atoms in total. The first-order valence-electron chi connectivity index (χ1n) is 7.22. The molecule has 0 aliphatic heterocycles. The number of phenolic OH excluding ortho intramolecular Hbond substituents is 1. The van der Waals surface area contributed by atoms with Crippen LogP contribution in [0.2, 0.25) is 0 Å². The van der Waals surface area contributed by atoms with Gasteiger partial charge in [0.1, 0.15) is 0 Å². The molecule has 0 saturated carbocycles. The van der Waals surface area contributed by atoms with E-state index in [1.807, 2.05) is 12.1 Å². The highest BCUT2D eigenvalue weighted by molar-refractivity contribution is 5.98. The van der Waals surface area contributed by atoms with Gasteiger partial charge in [-0.3, -0.25) is 9.78 Å². The van der Waals surface area contributed by atoms with Crippen molar-refractivity contribution in [1.82, 2.24) is 10.4 Å². The molecule has 0 aliphatic carbocycles. The van der Waals surface area contributed by atoms with Crippen LogP contribution in [0, 0.1) is 0 Å². The number of rotatable bonds is 4. The molecule has 3 rings (SSSR count). The second-order valence-corrected chi connectivity index (χ2v) is 5.04. The first-order valence-corrected chi connectivity index (χ1v) is 7.22. The van der Waals surface area contributed by atoms with Crippen molar-refractivity contribution in [1.29, 1.82) is 0 Å². The summed E-state index contributed by atoms with van der Waals surface area (Å²) in [5, 5.41) is 14.5. The second kappa shape index (κ2) is 6.78. The lowest BCUT2D eigenvalue weighted by atomic mass is 10.1. The van der Waals surface area contributed by atoms with Gasteiger partial charge >= 0.3 is 0 Å². The maximum atomic E-state index is 12.1. The number of methoxy groups -OCH3 is 1. The zero-order valence-electron chi connectivity index (χ0n) is 12.9. The number of aromatic nitrogens is 1. The number of nitrogens with one attached hydrogen (secondary N) is 1. The van der Waals surface area contributed by atoms with Gasteiger partial charge in [0, 0.05) is 17.1 Å². The van der Waals surface area contributed by atoms with Gasteiger partial charge in [-0.25, -0.2) is 5.43 Å². The number of benzene rings is 2. The molecule has 0 bridgehead atoms. The van der Waals surface area contributed by atoms with Gasteiger partial charge < -0.3 is 9.84 Å². The standard InChI is InChI=1S/C18H15N3O3/c1-24-17-7-4-12(9-16(17)22)11-20-21-18(23)14-5-6-15-13(10-14)3-2-8-19-15/h2-11,22H,1H3,(H,21,23)/b20-11-. The van der Waals surface area contributed by atoms with Gasteiger partial charge in [0.15, 0.2) is 11.5 Å². The highest BCUT2D eigenvalue weighted by Crippen LogP contribution is 2.25. The highest BCUT2D eigenvalue weighted by atomic mass is 16.5. The number of amides is 1. The van der Waals surface area contributed by atoms with Crippen LogP contribution in [0.15, 0.2) is 59.8 Å². The van der Waals surface area contributed by atoms with Gasteiger partial charge in [-0.1, -0.05) is 6.07 Å². The Balaban J connectivity index is 1.71. The summed E-state index contributed by atoms with van der Waals surface area (Å²) < 4.78 is 4.97. The number of hydrogen-bond acceptors (Lipinski definition) is 5. The van der Waals surface area contributed by atoms with E-state index in [1.54, 1.807) is 36.5 Å². The van der Waals surface area contributed by atoms with Crippen molar-refractivity contribution in [3.8, 4) is 11.5 Å². The lowest BCUT2D eigenvalue weighted by Gasteiger charge is -2.04. The van der Waals surface area contributed by atoms with Crippen molar-refractivity contribution in [2.24, 2.45) is 5.10 Å². The first kappa shape index (κ1) is 15.5. The zero-order valence-corrected chi connectivity index (χ0v) is 12.9. The molecule has 1 aromatic heterocycles. The van der Waals surface area contributed by atoms with Crippen molar-refractivity contribution >= 4 is 23.0 Å². The molecule has 0 saturated heterocycles. The van der Waals surface area contributed by atoms with Crippen LogP contribution in [0.25, 0.3) is 10.9 Å². The molecule has 0 fully saturated rings. The highest BCUT2D eigenvalue weighted by Gasteiger charge is 2.05. The van der Waals surface area contributed by atoms with Crippen LogP contribution in [0.5, 0.6) is 11.5 Å². The van der Waals surface area contributed by atoms with Gasteiger partial charge in [-0.2, -0.15) is 5.10 Å². The molecule has 1 amide bonds. The largest absolute Gasteiger partial charge is 0.504 e. The van der Waals surface area contributed by atoms with E-state index < -0.39 is 0 Å². The van der Waals surface area contributed by atoms with E-state index in [-0.39, 0.29) is 11.7 Å². The van der Waals surface area contributed by atoms with E-state index >= 15 is 0 Å². The minimum Gasteiger partial charge on any atom is -0.504 e. The maximum absolute atomic E-state index is 12.1. The van der Waals surface area contributed by atoms with E-state index in [9.17, 15) is 9.90 Å². The molecule has 6 heteroatoms. The number of fused-ring (bicyclic) bond motifs is 1. The van der Waals surface area contributed by atoms with E-state index in [0.717, 1.165) is 10.9 Å². The quantitative estimate of drug-likeness (QED) is 0.571. The Bertz CT molecular complexity index is 922. The molecule has 0 radical (unpaired) electrons. The van der Waals surface area contributed by atoms with E-state index in [1.165, 1.54) is 19.4 Å². The lowest BCUT2D eigenvalue weighted by Crippen LogP contribution is -2.17. The fourth-order valence-corrected chi connectivity index (χ4v) is 2.23. The Morgan fingerprint density at radius 2 is 2.12 bits per heavy atom. The van der Waals surface area contributed by atoms with Gasteiger partial charge in [0.05, 0.1) is 18.8 Å². The summed E-state index contributed by atoms with van der Waals surface area (Å²) >= 11 is 0. The Hall–Kier alpha value is -3.41. The fourth-order valence-electron chi connectivity index (χ4n) is 2.23. The van der Waals surface area contributed by atoms with Gasteiger partial charge in [0.2, 0.25) is 0 Å². The Morgan fingerprint density at radius 1 is 1.25 bits per heavy atom. The molecule has 120 valence electrons. The first-order chi connectivity index (χ1) is 11.7. The smallest absolute Gasteiger partial charge is 0.271 e. The average Bonchev–Trinajstić information content (AvgIpc) is 2.61. The van der Waals surface area contributed by atoms with Crippen molar-refractivity contribution in [2.45, 2.75) is 0 Å². The number of phenols is 1. The third-order valence-corrected chi connectivity index (χ3v) is 3.45. The van der Waals surface area contributed by atoms with Gasteiger partial charge in [0.25, 0.3) is 5.91 Å². The summed E-state index contributed by atoms with van der Waals surface area (Å²) in [5.74, 6) is 0.0606. The molecule has 0 atom stereocenters. The SMILES string of the molecule is COc1ccc(/C=N\NC(=O)c2ccc3ncccc3c2)cc1O. The molecule has 2 aromatic carbocycles. The lowest BCUT2D eigenvalue weighted by molar-refractivity contribution is 0.0955. The molecule has 24 heavy (non-hydrogen) atoms. The summed E-state index contributed by atoms with van der Waals surface area (Å²) in [5.41, 5.74) is 4.41. The number of pyridine rings is 1. The van der Waals surface area contributed by atoms with Crippen LogP contribution >= 0.6 is 0 Å². The van der Waals surface area contributed by atoms with Crippen LogP contribution in [0.3, 0.4) is 0 Å². The minimum absolute atomic E-state index is 0.00908. The van der Waals surface area contributed by atoms with Gasteiger partial charge in [-0.15, -0.1) is 0 Å². The van der Waals surface area contributed by atoms with Crippen LogP contribution < -0.4 is 10.2 Å². The summed E-state index contributed by atoms with van der Waals surface area (Å²) in [7, 11) is 1.47. The molecule has 0 spiro atoms. The van der Waals surface area contributed by atoms with E-state index in [2.05, 4.69) is 15.5 Å². The Kier molecular flexibility index (Phi) is 4.38. The van der Waals surface area contributed by atoms with Crippen molar-refractivity contribution in [3.63, 3.8) is 0 Å². The minimum atomic E-state index is -0.324. The number of hydrazone groups is 1. The molecule has 1 heterocycles. The number of ether oxygens (including phenoxy) is 1. The fraction of sp³-hybridized carbons (Fsp3) is 0.0556. The average molecular weight is 321 g/mol. The maximum Gasteiger partial charge on any atom is 0.271 e. The predicted octanol–water partition coefficient (Wildman–Crippen LogP) is 2.71. The topological polar surface area (TPSA) is 83.8 Å². The van der Waals surface area contributed by atoms with Crippen LogP contribution in [0.4, 0.5) is 0 Å². The predicted molar refractivity (Wildman–Crippen MR) is 91.5 cm³/mol. The molecule has 0 aliphatic rings. The summed E-state index contributed by atoms with van der Waals surface area (Å²) in [4.78, 5) is 16.3. The van der Waals surface area contributed by atoms with Crippen molar-refractivity contribution in [3.05, 3.63) is 65.9 Å². The third-order valence-electron chi connectivity index (χ3n) is 3.45. The molecular weight excluding hydrogens is 306 g/mol. The summed E-state index contributed by atoms with van der Waals surface area (Å²) in [6.45, 7) is 0. The number of nitrogens with zero attached hydrogens (tertiary/aromatic N) is 2. The third kappa shape index (κ3) is 3.33. The Labute approximate surface area is 138 Å². The van der Waals surface area contributed by atoms with Crippen LogP contribution in [-0.2, 0) is 0 Å². The number of aromatic hydroxyl groups is 1. The van der Waals surface area contributed by atoms with Crippen LogP contribution in [0.1, 0.15) is 15.9 Å². The van der Waals surface area contributed by atoms with E-state index in [4.69, 9.17) is 4.74 Å². The molecule has 2 N–H and O–H groups in total. The molecular formula is C18H15N3O3. The van der Waals surface area contributed by atoms with Crippen LogP contribution in [-0.4, -0.2) is 29.3 Å². The van der Waals surface area contributed by atoms with E-state index in [0.29, 0.717) is 16.9 Å². The number of hydrogen-bond donors (Lipinski definition) is 2. The second-order valence-electron chi connectivity index (χ2n) is 5.04. The molecule has 3 aromatic rings. The number of carbonyl (C=O) groups is 1. The Morgan fingerprint density at radius 3 is 2.92 bits per heavy atom. The normalized spacial score (nSPS) is 10.9. The summed E-state index contributed by atoms with van der Waals surface area (Å²) in [6.07, 6.45) is 3.15.